The average molecular weight is 246 g/mol. The van der Waals surface area contributed by atoms with Crippen molar-refractivity contribution >= 4 is 5.97 Å². The second kappa shape index (κ2) is 5.88. The van der Waals surface area contributed by atoms with Crippen LogP contribution < -0.4 is 0 Å². The number of hydrogen-bond donors (Lipinski definition) is 3. The van der Waals surface area contributed by atoms with Crippen molar-refractivity contribution in [1.82, 2.24) is 0 Å². The fourth-order valence-corrected chi connectivity index (χ4v) is 1.34. The predicted molar refractivity (Wildman–Crippen MR) is 58.4 cm³/mol. The van der Waals surface area contributed by atoms with Crippen LogP contribution in [0.5, 0.6) is 0 Å². The lowest BCUT2D eigenvalue weighted by Crippen LogP contribution is -2.33. The zero-order valence-electron chi connectivity index (χ0n) is 9.92. The molecule has 98 valence electrons. The molecular weight excluding hydrogens is 228 g/mol. The number of carbonyl (C=O) groups is 1. The van der Waals surface area contributed by atoms with E-state index in [-0.39, 0.29) is 6.61 Å². The molecule has 0 spiro atoms. The molecule has 1 rings (SSSR count). The van der Waals surface area contributed by atoms with E-state index in [1.54, 1.807) is 0 Å². The molecule has 2 atom stereocenters. The van der Waals surface area contributed by atoms with E-state index in [4.69, 9.17) is 9.84 Å². The predicted octanol–water partition coefficient (Wildman–Crippen LogP) is 0.663. The minimum absolute atomic E-state index is 0.0675. The molecule has 1 aliphatic heterocycles. The molecular formula is C11H18O6. The number of cyclic esters (lactones) is 1. The molecule has 17 heavy (non-hydrogen) atoms. The lowest BCUT2D eigenvalue weighted by Gasteiger charge is -2.17. The van der Waals surface area contributed by atoms with Gasteiger partial charge < -0.3 is 24.8 Å². The topological polar surface area (TPSA) is 96.2 Å². The third-order valence-corrected chi connectivity index (χ3v) is 2.42. The second-order valence-corrected chi connectivity index (χ2v) is 4.38. The SMILES string of the molecule is CC(C)CCOC[C@H](O)[C@H]1OC(=O)C(O)=C1O. The molecule has 1 heterocycles. The van der Waals surface area contributed by atoms with Gasteiger partial charge in [-0.05, 0) is 12.3 Å². The zero-order chi connectivity index (χ0) is 13.0. The molecule has 1 aliphatic rings. The van der Waals surface area contributed by atoms with Crippen molar-refractivity contribution in [2.24, 2.45) is 5.92 Å². The Labute approximate surface area is 99.5 Å². The highest BCUT2D eigenvalue weighted by Gasteiger charge is 2.39. The summed E-state index contributed by atoms with van der Waals surface area (Å²) in [4.78, 5) is 10.9. The largest absolute Gasteiger partial charge is 0.505 e. The minimum atomic E-state index is -1.23. The first-order valence-electron chi connectivity index (χ1n) is 5.52. The molecule has 0 bridgehead atoms. The first-order valence-corrected chi connectivity index (χ1v) is 5.52. The molecule has 0 radical (unpaired) electrons. The molecule has 0 aromatic heterocycles. The van der Waals surface area contributed by atoms with E-state index < -0.39 is 29.7 Å². The normalized spacial score (nSPS) is 22.1. The van der Waals surface area contributed by atoms with Gasteiger partial charge in [-0.2, -0.15) is 0 Å². The Hall–Kier alpha value is -1.27. The molecule has 0 amide bonds. The van der Waals surface area contributed by atoms with E-state index in [0.717, 1.165) is 6.42 Å². The van der Waals surface area contributed by atoms with Crippen LogP contribution in [0.2, 0.25) is 0 Å². The lowest BCUT2D eigenvalue weighted by molar-refractivity contribution is -0.148. The van der Waals surface area contributed by atoms with Crippen LogP contribution in [0.25, 0.3) is 0 Å². The number of hydrogen-bond acceptors (Lipinski definition) is 6. The average Bonchev–Trinajstić information content (AvgIpc) is 2.52. The first kappa shape index (κ1) is 13.8. The van der Waals surface area contributed by atoms with Crippen LogP contribution in [0.4, 0.5) is 0 Å². The van der Waals surface area contributed by atoms with Crippen molar-refractivity contribution in [3.63, 3.8) is 0 Å². The maximum absolute atomic E-state index is 10.9. The van der Waals surface area contributed by atoms with Gasteiger partial charge in [-0.15, -0.1) is 0 Å². The van der Waals surface area contributed by atoms with Crippen molar-refractivity contribution in [2.45, 2.75) is 32.5 Å². The number of carbonyl (C=O) groups excluding carboxylic acids is 1. The van der Waals surface area contributed by atoms with Gasteiger partial charge in [0.15, 0.2) is 11.9 Å². The minimum Gasteiger partial charge on any atom is -0.505 e. The van der Waals surface area contributed by atoms with E-state index in [1.807, 2.05) is 13.8 Å². The molecule has 0 aliphatic carbocycles. The van der Waals surface area contributed by atoms with Gasteiger partial charge in [-0.1, -0.05) is 13.8 Å². The van der Waals surface area contributed by atoms with E-state index in [9.17, 15) is 15.0 Å². The van der Waals surface area contributed by atoms with Gasteiger partial charge in [-0.3, -0.25) is 0 Å². The Morgan fingerprint density at radius 2 is 2.06 bits per heavy atom. The van der Waals surface area contributed by atoms with Crippen LogP contribution in [0.3, 0.4) is 0 Å². The number of esters is 1. The van der Waals surface area contributed by atoms with Gasteiger partial charge >= 0.3 is 5.97 Å². The third kappa shape index (κ3) is 3.61. The second-order valence-electron chi connectivity index (χ2n) is 4.38. The Morgan fingerprint density at radius 3 is 2.53 bits per heavy atom. The summed E-state index contributed by atoms with van der Waals surface area (Å²) in [5.41, 5.74) is 0. The Bertz CT molecular complexity index is 309. The van der Waals surface area contributed by atoms with E-state index in [1.165, 1.54) is 0 Å². The molecule has 0 unspecified atom stereocenters. The highest BCUT2D eigenvalue weighted by molar-refractivity contribution is 5.89. The van der Waals surface area contributed by atoms with Crippen molar-refractivity contribution in [1.29, 1.82) is 0 Å². The lowest BCUT2D eigenvalue weighted by atomic mass is 10.1. The molecule has 6 nitrogen and oxygen atoms in total. The van der Waals surface area contributed by atoms with Crippen molar-refractivity contribution < 1.29 is 29.6 Å². The van der Waals surface area contributed by atoms with Gasteiger partial charge in [0.1, 0.15) is 6.10 Å². The maximum atomic E-state index is 10.9. The van der Waals surface area contributed by atoms with Crippen LogP contribution in [-0.4, -0.2) is 46.7 Å². The quantitative estimate of drug-likeness (QED) is 0.470. The molecule has 0 fully saturated rings. The summed E-state index contributed by atoms with van der Waals surface area (Å²) in [6.45, 7) is 4.50. The van der Waals surface area contributed by atoms with Crippen molar-refractivity contribution in [3.8, 4) is 0 Å². The monoisotopic (exact) mass is 246 g/mol. The Balaban J connectivity index is 2.34. The maximum Gasteiger partial charge on any atom is 0.377 e. The highest BCUT2D eigenvalue weighted by atomic mass is 16.6. The summed E-state index contributed by atoms with van der Waals surface area (Å²) in [5, 5.41) is 28.0. The van der Waals surface area contributed by atoms with Gasteiger partial charge in [0, 0.05) is 6.61 Å². The standard InChI is InChI=1S/C11H18O6/c1-6(2)3-4-16-5-7(12)10-8(13)9(14)11(15)17-10/h6-7,10,12-14H,3-5H2,1-2H3/t7-,10+/m0/s1. The van der Waals surface area contributed by atoms with E-state index >= 15 is 0 Å². The molecule has 0 saturated heterocycles. The number of aliphatic hydroxyl groups excluding tert-OH is 3. The third-order valence-electron chi connectivity index (χ3n) is 2.42. The van der Waals surface area contributed by atoms with Crippen LogP contribution in [0.1, 0.15) is 20.3 Å². The molecule has 3 N–H and O–H groups in total. The van der Waals surface area contributed by atoms with Crippen LogP contribution >= 0.6 is 0 Å². The molecule has 0 saturated carbocycles. The van der Waals surface area contributed by atoms with Gasteiger partial charge in [0.05, 0.1) is 6.61 Å². The number of rotatable bonds is 6. The fraction of sp³-hybridized carbons (Fsp3) is 0.727. The van der Waals surface area contributed by atoms with E-state index in [2.05, 4.69) is 4.74 Å². The fourth-order valence-electron chi connectivity index (χ4n) is 1.34. The van der Waals surface area contributed by atoms with Crippen LogP contribution in [0.15, 0.2) is 11.5 Å². The van der Waals surface area contributed by atoms with E-state index in [0.29, 0.717) is 12.5 Å². The zero-order valence-corrected chi connectivity index (χ0v) is 9.92. The van der Waals surface area contributed by atoms with Gasteiger partial charge in [0.25, 0.3) is 0 Å². The molecule has 6 heteroatoms. The number of ether oxygens (including phenoxy) is 2. The smallest absolute Gasteiger partial charge is 0.377 e. The molecule has 0 aromatic carbocycles. The number of aliphatic hydroxyl groups is 3. The van der Waals surface area contributed by atoms with Gasteiger partial charge in [-0.25, -0.2) is 4.79 Å². The van der Waals surface area contributed by atoms with Crippen LogP contribution in [-0.2, 0) is 14.3 Å². The molecule has 0 aromatic rings. The first-order chi connectivity index (χ1) is 7.93. The summed E-state index contributed by atoms with van der Waals surface area (Å²) < 4.78 is 9.76. The summed E-state index contributed by atoms with van der Waals surface area (Å²) in [5.74, 6) is -2.03. The Morgan fingerprint density at radius 1 is 1.41 bits per heavy atom. The summed E-state index contributed by atoms with van der Waals surface area (Å²) in [6.07, 6.45) is -1.57. The van der Waals surface area contributed by atoms with Gasteiger partial charge in [0.2, 0.25) is 5.76 Å². The summed E-state index contributed by atoms with van der Waals surface area (Å²) in [6, 6.07) is 0. The summed E-state index contributed by atoms with van der Waals surface area (Å²) >= 11 is 0. The van der Waals surface area contributed by atoms with Crippen molar-refractivity contribution in [3.05, 3.63) is 11.5 Å². The van der Waals surface area contributed by atoms with Crippen LogP contribution in [0, 0.1) is 5.92 Å². The Kier molecular flexibility index (Phi) is 4.77. The van der Waals surface area contributed by atoms with Crippen molar-refractivity contribution in [2.75, 3.05) is 13.2 Å². The summed E-state index contributed by atoms with van der Waals surface area (Å²) in [7, 11) is 0. The highest BCUT2D eigenvalue weighted by Crippen LogP contribution is 2.21.